The van der Waals surface area contributed by atoms with Gasteiger partial charge in [0.15, 0.2) is 0 Å². The van der Waals surface area contributed by atoms with Crippen molar-refractivity contribution in [1.29, 1.82) is 0 Å². The van der Waals surface area contributed by atoms with Crippen LogP contribution < -0.4 is 0 Å². The Balaban J connectivity index is 2.41. The molecule has 2 aromatic rings. The molecule has 0 atom stereocenters. The summed E-state index contributed by atoms with van der Waals surface area (Å²) in [5, 5.41) is 3.09. The van der Waals surface area contributed by atoms with Crippen LogP contribution in [0.15, 0.2) is 41.9 Å². The van der Waals surface area contributed by atoms with E-state index >= 15 is 0 Å². The maximum atomic E-state index is 4.34. The number of nitrogens with zero attached hydrogens (tertiary/aromatic N) is 1. The average Bonchev–Trinajstić information content (AvgIpc) is 2.75. The molecule has 2 heteroatoms. The molecule has 0 amide bonds. The molecule has 0 spiro atoms. The van der Waals surface area contributed by atoms with E-state index in [2.05, 4.69) is 49.2 Å². The first-order chi connectivity index (χ1) is 7.31. The third-order valence-electron chi connectivity index (χ3n) is 2.31. The third kappa shape index (κ3) is 2.16. The summed E-state index contributed by atoms with van der Waals surface area (Å²) in [5.74, 6) is 0. The standard InChI is InChI=1S/C13H13NS/c1-3-12(13-14-8-9-15-13)11-6-4-10(2)5-7-11/h3-9H,1-2H3. The minimum Gasteiger partial charge on any atom is -0.245 e. The molecule has 0 saturated heterocycles. The zero-order valence-electron chi connectivity index (χ0n) is 8.90. The molecular weight excluding hydrogens is 202 g/mol. The highest BCUT2D eigenvalue weighted by atomic mass is 32.1. The van der Waals surface area contributed by atoms with Crippen molar-refractivity contribution in [1.82, 2.24) is 4.98 Å². The molecule has 0 N–H and O–H groups in total. The number of hydrogen-bond donors (Lipinski definition) is 0. The van der Waals surface area contributed by atoms with Crippen molar-refractivity contribution >= 4 is 16.9 Å². The molecule has 0 aliphatic rings. The van der Waals surface area contributed by atoms with Gasteiger partial charge in [0.25, 0.3) is 0 Å². The summed E-state index contributed by atoms with van der Waals surface area (Å²) in [6, 6.07) is 8.55. The van der Waals surface area contributed by atoms with Crippen LogP contribution in [0.1, 0.15) is 23.1 Å². The largest absolute Gasteiger partial charge is 0.245 e. The fourth-order valence-electron chi connectivity index (χ4n) is 1.50. The van der Waals surface area contributed by atoms with E-state index in [4.69, 9.17) is 0 Å². The molecule has 0 unspecified atom stereocenters. The Bertz CT molecular complexity index is 452. The molecule has 1 heterocycles. The first-order valence-electron chi connectivity index (χ1n) is 4.94. The van der Waals surface area contributed by atoms with E-state index in [1.54, 1.807) is 11.3 Å². The van der Waals surface area contributed by atoms with Crippen molar-refractivity contribution < 1.29 is 0 Å². The van der Waals surface area contributed by atoms with Crippen molar-refractivity contribution in [2.45, 2.75) is 13.8 Å². The Labute approximate surface area is 94.1 Å². The second kappa shape index (κ2) is 4.41. The molecule has 0 bridgehead atoms. The lowest BCUT2D eigenvalue weighted by atomic mass is 10.0. The molecule has 1 aromatic carbocycles. The molecule has 1 nitrogen and oxygen atoms in total. The predicted octanol–water partition coefficient (Wildman–Crippen LogP) is 3.90. The van der Waals surface area contributed by atoms with Gasteiger partial charge in [0.05, 0.1) is 0 Å². The predicted molar refractivity (Wildman–Crippen MR) is 66.0 cm³/mol. The summed E-state index contributed by atoms with van der Waals surface area (Å²) in [6.45, 7) is 4.15. The van der Waals surface area contributed by atoms with Gasteiger partial charge in [0.2, 0.25) is 0 Å². The van der Waals surface area contributed by atoms with Crippen molar-refractivity contribution in [3.63, 3.8) is 0 Å². The number of benzene rings is 1. The summed E-state index contributed by atoms with van der Waals surface area (Å²) < 4.78 is 0. The van der Waals surface area contributed by atoms with Gasteiger partial charge < -0.3 is 0 Å². The smallest absolute Gasteiger partial charge is 0.123 e. The lowest BCUT2D eigenvalue weighted by molar-refractivity contribution is 1.36. The number of hydrogen-bond acceptors (Lipinski definition) is 2. The van der Waals surface area contributed by atoms with E-state index in [0.717, 1.165) is 5.01 Å². The number of rotatable bonds is 2. The second-order valence-corrected chi connectivity index (χ2v) is 4.30. The van der Waals surface area contributed by atoms with E-state index in [9.17, 15) is 0 Å². The van der Waals surface area contributed by atoms with Crippen LogP contribution >= 0.6 is 11.3 Å². The highest BCUT2D eigenvalue weighted by Gasteiger charge is 2.05. The van der Waals surface area contributed by atoms with Crippen molar-refractivity contribution in [2.24, 2.45) is 0 Å². The molecule has 15 heavy (non-hydrogen) atoms. The van der Waals surface area contributed by atoms with E-state index in [0.29, 0.717) is 0 Å². The van der Waals surface area contributed by atoms with Gasteiger partial charge in [-0.2, -0.15) is 0 Å². The SMILES string of the molecule is CC=C(c1ccc(C)cc1)c1nccs1. The van der Waals surface area contributed by atoms with Gasteiger partial charge >= 0.3 is 0 Å². The van der Waals surface area contributed by atoms with Gasteiger partial charge in [0.1, 0.15) is 5.01 Å². The quantitative estimate of drug-likeness (QED) is 0.740. The molecule has 0 fully saturated rings. The molecular formula is C13H13NS. The lowest BCUT2D eigenvalue weighted by Crippen LogP contribution is -1.86. The normalized spacial score (nSPS) is 11.7. The van der Waals surface area contributed by atoms with Crippen molar-refractivity contribution in [3.8, 4) is 0 Å². The summed E-state index contributed by atoms with van der Waals surface area (Å²) in [7, 11) is 0. The van der Waals surface area contributed by atoms with Crippen LogP contribution in [0.25, 0.3) is 5.57 Å². The first kappa shape index (κ1) is 10.1. The molecule has 76 valence electrons. The maximum absolute atomic E-state index is 4.34. The van der Waals surface area contributed by atoms with E-state index in [-0.39, 0.29) is 0 Å². The summed E-state index contributed by atoms with van der Waals surface area (Å²) in [5.41, 5.74) is 3.73. The fourth-order valence-corrected chi connectivity index (χ4v) is 2.24. The zero-order valence-corrected chi connectivity index (χ0v) is 9.71. The average molecular weight is 215 g/mol. The van der Waals surface area contributed by atoms with Gasteiger partial charge in [-0.15, -0.1) is 11.3 Å². The highest BCUT2D eigenvalue weighted by molar-refractivity contribution is 7.10. The molecule has 0 saturated carbocycles. The van der Waals surface area contributed by atoms with Crippen LogP contribution in [0.2, 0.25) is 0 Å². The van der Waals surface area contributed by atoms with E-state index in [1.165, 1.54) is 16.7 Å². The topological polar surface area (TPSA) is 12.9 Å². The molecule has 0 aliphatic heterocycles. The summed E-state index contributed by atoms with van der Waals surface area (Å²) in [4.78, 5) is 4.34. The van der Waals surface area contributed by atoms with Gasteiger partial charge in [0, 0.05) is 17.2 Å². The van der Waals surface area contributed by atoms with Crippen LogP contribution in [0.5, 0.6) is 0 Å². The van der Waals surface area contributed by atoms with Crippen LogP contribution in [0.3, 0.4) is 0 Å². The maximum Gasteiger partial charge on any atom is 0.123 e. The fraction of sp³-hybridized carbons (Fsp3) is 0.154. The third-order valence-corrected chi connectivity index (χ3v) is 3.12. The zero-order chi connectivity index (χ0) is 10.7. The molecule has 2 rings (SSSR count). The minimum absolute atomic E-state index is 1.08. The van der Waals surface area contributed by atoms with Crippen LogP contribution in [-0.4, -0.2) is 4.98 Å². The number of aryl methyl sites for hydroxylation is 1. The Kier molecular flexibility index (Phi) is 2.97. The first-order valence-corrected chi connectivity index (χ1v) is 5.82. The van der Waals surface area contributed by atoms with Gasteiger partial charge in [-0.25, -0.2) is 4.98 Å². The van der Waals surface area contributed by atoms with Gasteiger partial charge in [-0.05, 0) is 19.4 Å². The van der Waals surface area contributed by atoms with Crippen LogP contribution in [-0.2, 0) is 0 Å². The van der Waals surface area contributed by atoms with Gasteiger partial charge in [-0.3, -0.25) is 0 Å². The summed E-state index contributed by atoms with van der Waals surface area (Å²) in [6.07, 6.45) is 3.96. The van der Waals surface area contributed by atoms with Crippen molar-refractivity contribution in [3.05, 3.63) is 58.1 Å². The Hall–Kier alpha value is -1.41. The molecule has 1 aromatic heterocycles. The van der Waals surface area contributed by atoms with Crippen LogP contribution in [0, 0.1) is 6.92 Å². The second-order valence-electron chi connectivity index (χ2n) is 3.41. The highest BCUT2D eigenvalue weighted by Crippen LogP contribution is 2.24. The van der Waals surface area contributed by atoms with Crippen LogP contribution in [0.4, 0.5) is 0 Å². The Morgan fingerprint density at radius 2 is 2.00 bits per heavy atom. The lowest BCUT2D eigenvalue weighted by Gasteiger charge is -2.04. The molecule has 0 aliphatic carbocycles. The monoisotopic (exact) mass is 215 g/mol. The number of thiazole rings is 1. The Morgan fingerprint density at radius 1 is 1.27 bits per heavy atom. The van der Waals surface area contributed by atoms with E-state index in [1.807, 2.05) is 11.6 Å². The van der Waals surface area contributed by atoms with Gasteiger partial charge in [-0.1, -0.05) is 35.9 Å². The van der Waals surface area contributed by atoms with Crippen molar-refractivity contribution in [2.75, 3.05) is 0 Å². The number of allylic oxidation sites excluding steroid dienone is 1. The molecule has 0 radical (unpaired) electrons. The summed E-state index contributed by atoms with van der Waals surface area (Å²) >= 11 is 1.68. The van der Waals surface area contributed by atoms with E-state index < -0.39 is 0 Å². The number of aromatic nitrogens is 1. The minimum atomic E-state index is 1.08. The Morgan fingerprint density at radius 3 is 2.53 bits per heavy atom.